The zero-order valence-corrected chi connectivity index (χ0v) is 12.0. The number of aliphatic hydroxyl groups excluding tert-OH is 1. The van der Waals surface area contributed by atoms with Crippen molar-refractivity contribution in [3.8, 4) is 11.8 Å². The summed E-state index contributed by atoms with van der Waals surface area (Å²) in [5, 5.41) is 15.7. The third-order valence-electron chi connectivity index (χ3n) is 2.29. The normalized spacial score (nSPS) is 10.2. The number of aromatic amines is 1. The second kappa shape index (κ2) is 6.61. The molecule has 100 valence electrons. The second-order valence-electron chi connectivity index (χ2n) is 3.70. The minimum absolute atomic E-state index is 0.0915. The SMILES string of the molecule is Cn1c(SCc2ccc(C#CCCO)s2)n[nH]c1=O. The van der Waals surface area contributed by atoms with Gasteiger partial charge in [-0.05, 0) is 12.1 Å². The van der Waals surface area contributed by atoms with E-state index in [1.165, 1.54) is 21.2 Å². The van der Waals surface area contributed by atoms with Gasteiger partial charge in [0.05, 0.1) is 11.5 Å². The van der Waals surface area contributed by atoms with Gasteiger partial charge in [-0.25, -0.2) is 9.89 Å². The maximum Gasteiger partial charge on any atom is 0.343 e. The van der Waals surface area contributed by atoms with Crippen LogP contribution in [0.4, 0.5) is 0 Å². The lowest BCUT2D eigenvalue weighted by molar-refractivity contribution is 0.305. The van der Waals surface area contributed by atoms with Crippen LogP contribution in [0.3, 0.4) is 0 Å². The molecule has 0 aliphatic heterocycles. The molecule has 0 radical (unpaired) electrons. The fraction of sp³-hybridized carbons (Fsp3) is 0.333. The first-order valence-corrected chi connectivity index (χ1v) is 7.43. The number of aromatic nitrogens is 3. The Bertz CT molecular complexity index is 660. The van der Waals surface area contributed by atoms with E-state index in [1.54, 1.807) is 18.4 Å². The van der Waals surface area contributed by atoms with Crippen LogP contribution >= 0.6 is 23.1 Å². The van der Waals surface area contributed by atoms with Crippen molar-refractivity contribution in [2.45, 2.75) is 17.3 Å². The van der Waals surface area contributed by atoms with Crippen molar-refractivity contribution in [1.29, 1.82) is 0 Å². The molecule has 0 saturated heterocycles. The summed E-state index contributed by atoms with van der Waals surface area (Å²) in [6, 6.07) is 3.99. The monoisotopic (exact) mass is 295 g/mol. The summed E-state index contributed by atoms with van der Waals surface area (Å²) >= 11 is 3.12. The number of thiophene rings is 1. The van der Waals surface area contributed by atoms with Gasteiger partial charge in [-0.15, -0.1) is 16.4 Å². The smallest absolute Gasteiger partial charge is 0.343 e. The molecule has 2 N–H and O–H groups in total. The zero-order valence-electron chi connectivity index (χ0n) is 10.3. The first-order valence-electron chi connectivity index (χ1n) is 5.63. The van der Waals surface area contributed by atoms with Gasteiger partial charge < -0.3 is 5.11 Å². The fourth-order valence-electron chi connectivity index (χ4n) is 1.33. The molecule has 0 aromatic carbocycles. The largest absolute Gasteiger partial charge is 0.395 e. The predicted molar refractivity (Wildman–Crippen MR) is 76.3 cm³/mol. The maximum absolute atomic E-state index is 11.2. The minimum atomic E-state index is -0.204. The zero-order chi connectivity index (χ0) is 13.7. The number of rotatable bonds is 4. The van der Waals surface area contributed by atoms with Gasteiger partial charge in [0.25, 0.3) is 0 Å². The Morgan fingerprint density at radius 3 is 3.11 bits per heavy atom. The summed E-state index contributed by atoms with van der Waals surface area (Å²) in [4.78, 5) is 13.4. The average molecular weight is 295 g/mol. The van der Waals surface area contributed by atoms with E-state index in [1.807, 2.05) is 12.1 Å². The number of thioether (sulfide) groups is 1. The van der Waals surface area contributed by atoms with Crippen LogP contribution in [0.2, 0.25) is 0 Å². The molecule has 2 aromatic rings. The van der Waals surface area contributed by atoms with Crippen molar-refractivity contribution < 1.29 is 5.11 Å². The Balaban J connectivity index is 1.96. The van der Waals surface area contributed by atoms with Crippen LogP contribution < -0.4 is 5.69 Å². The highest BCUT2D eigenvalue weighted by Crippen LogP contribution is 2.24. The van der Waals surface area contributed by atoms with E-state index >= 15 is 0 Å². The number of nitrogens with zero attached hydrogens (tertiary/aromatic N) is 2. The first-order chi connectivity index (χ1) is 9.20. The van der Waals surface area contributed by atoms with E-state index in [9.17, 15) is 4.79 Å². The molecule has 0 fully saturated rings. The fourth-order valence-corrected chi connectivity index (χ4v) is 3.17. The molecular weight excluding hydrogens is 282 g/mol. The van der Waals surface area contributed by atoms with Crippen LogP contribution in [0.1, 0.15) is 16.2 Å². The van der Waals surface area contributed by atoms with Gasteiger partial charge in [-0.3, -0.25) is 4.57 Å². The summed E-state index contributed by atoms with van der Waals surface area (Å²) in [5.74, 6) is 6.65. The van der Waals surface area contributed by atoms with Crippen molar-refractivity contribution in [2.24, 2.45) is 7.05 Å². The van der Waals surface area contributed by atoms with E-state index in [2.05, 4.69) is 22.0 Å². The van der Waals surface area contributed by atoms with Crippen LogP contribution in [0.5, 0.6) is 0 Å². The molecule has 2 aromatic heterocycles. The summed E-state index contributed by atoms with van der Waals surface area (Å²) < 4.78 is 1.49. The number of hydrogen-bond acceptors (Lipinski definition) is 5. The highest BCUT2D eigenvalue weighted by atomic mass is 32.2. The van der Waals surface area contributed by atoms with Crippen LogP contribution in [0.25, 0.3) is 0 Å². The van der Waals surface area contributed by atoms with Gasteiger partial charge in [-0.1, -0.05) is 23.6 Å². The lowest BCUT2D eigenvalue weighted by Gasteiger charge is -1.96. The maximum atomic E-state index is 11.2. The van der Waals surface area contributed by atoms with Gasteiger partial charge >= 0.3 is 5.69 Å². The van der Waals surface area contributed by atoms with Crippen LogP contribution in [-0.4, -0.2) is 26.5 Å². The van der Waals surface area contributed by atoms with Crippen molar-refractivity contribution >= 4 is 23.1 Å². The number of H-pyrrole nitrogens is 1. The van der Waals surface area contributed by atoms with Crippen LogP contribution in [0.15, 0.2) is 22.1 Å². The second-order valence-corrected chi connectivity index (χ2v) is 5.81. The Morgan fingerprint density at radius 1 is 1.58 bits per heavy atom. The third-order valence-corrected chi connectivity index (χ3v) is 4.55. The molecule has 0 unspecified atom stereocenters. The molecular formula is C12H13N3O2S2. The Morgan fingerprint density at radius 2 is 2.42 bits per heavy atom. The average Bonchev–Trinajstić information content (AvgIpc) is 2.97. The van der Waals surface area contributed by atoms with Crippen LogP contribution in [-0.2, 0) is 12.8 Å². The molecule has 0 amide bonds. The molecule has 0 atom stereocenters. The summed E-state index contributed by atoms with van der Waals surface area (Å²) in [6.45, 7) is 0.0915. The van der Waals surface area contributed by atoms with E-state index in [0.29, 0.717) is 11.6 Å². The summed E-state index contributed by atoms with van der Waals surface area (Å²) in [5.41, 5.74) is -0.204. The van der Waals surface area contributed by atoms with Gasteiger partial charge in [-0.2, -0.15) is 0 Å². The van der Waals surface area contributed by atoms with Crippen LogP contribution in [0, 0.1) is 11.8 Å². The van der Waals surface area contributed by atoms with E-state index in [-0.39, 0.29) is 12.3 Å². The predicted octanol–water partition coefficient (Wildman–Crippen LogP) is 1.20. The lowest BCUT2D eigenvalue weighted by atomic mass is 10.4. The molecule has 0 aliphatic carbocycles. The lowest BCUT2D eigenvalue weighted by Crippen LogP contribution is -2.12. The molecule has 0 saturated carbocycles. The summed E-state index contributed by atoms with van der Waals surface area (Å²) in [6.07, 6.45) is 0.497. The number of hydrogen-bond donors (Lipinski definition) is 2. The molecule has 0 spiro atoms. The summed E-state index contributed by atoms with van der Waals surface area (Å²) in [7, 11) is 1.69. The highest BCUT2D eigenvalue weighted by Gasteiger charge is 2.06. The number of nitrogens with one attached hydrogen (secondary N) is 1. The van der Waals surface area contributed by atoms with Crippen molar-refractivity contribution in [3.05, 3.63) is 32.4 Å². The molecule has 19 heavy (non-hydrogen) atoms. The number of aliphatic hydroxyl groups is 1. The first kappa shape index (κ1) is 13.9. The Labute approximate surface area is 118 Å². The van der Waals surface area contributed by atoms with E-state index in [4.69, 9.17) is 5.11 Å². The third kappa shape index (κ3) is 3.73. The van der Waals surface area contributed by atoms with Crippen molar-refractivity contribution in [2.75, 3.05) is 6.61 Å². The molecule has 7 heteroatoms. The van der Waals surface area contributed by atoms with E-state index < -0.39 is 0 Å². The molecule has 2 heterocycles. The molecule has 0 aliphatic rings. The van der Waals surface area contributed by atoms with Crippen molar-refractivity contribution in [3.63, 3.8) is 0 Å². The molecule has 0 bridgehead atoms. The van der Waals surface area contributed by atoms with Gasteiger partial charge in [0, 0.05) is 24.1 Å². The quantitative estimate of drug-likeness (QED) is 0.657. The Kier molecular flexibility index (Phi) is 4.85. The highest BCUT2D eigenvalue weighted by molar-refractivity contribution is 7.98. The molecule has 2 rings (SSSR count). The van der Waals surface area contributed by atoms with E-state index in [0.717, 1.165) is 10.6 Å². The van der Waals surface area contributed by atoms with Gasteiger partial charge in [0.15, 0.2) is 5.16 Å². The topological polar surface area (TPSA) is 70.9 Å². The molecule has 5 nitrogen and oxygen atoms in total. The van der Waals surface area contributed by atoms with Crippen molar-refractivity contribution in [1.82, 2.24) is 14.8 Å². The van der Waals surface area contributed by atoms with Gasteiger partial charge in [0.2, 0.25) is 0 Å². The standard InChI is InChI=1S/C12H13N3O2S2/c1-15-11(17)13-14-12(15)18-8-10-6-5-9(19-10)4-2-3-7-16/h5-6,16H,3,7-8H2,1H3,(H,13,17). The minimum Gasteiger partial charge on any atom is -0.395 e. The van der Waals surface area contributed by atoms with Gasteiger partial charge in [0.1, 0.15) is 0 Å². The Hall–Kier alpha value is -1.49.